The lowest BCUT2D eigenvalue weighted by molar-refractivity contribution is -0.126. The van der Waals surface area contributed by atoms with Crippen molar-refractivity contribution in [3.05, 3.63) is 29.6 Å². The highest BCUT2D eigenvalue weighted by molar-refractivity contribution is 5.80. The molecule has 94 valence electrons. The maximum Gasteiger partial charge on any atom is 0.260 e. The van der Waals surface area contributed by atoms with E-state index in [-0.39, 0.29) is 11.7 Å². The number of carbonyl (C=O) groups excluding carboxylic acids is 1. The molecule has 1 amide bonds. The highest BCUT2D eigenvalue weighted by atomic mass is 19.1. The van der Waals surface area contributed by atoms with Crippen molar-refractivity contribution in [1.29, 1.82) is 0 Å². The topological polar surface area (TPSA) is 50.4 Å². The number of halogens is 1. The van der Waals surface area contributed by atoms with Crippen LogP contribution in [0, 0.1) is 5.82 Å². The monoisotopic (exact) mass is 240 g/mol. The van der Waals surface area contributed by atoms with Crippen molar-refractivity contribution in [2.45, 2.75) is 19.6 Å². The lowest BCUT2D eigenvalue weighted by Gasteiger charge is -2.16. The Labute approximate surface area is 100 Å². The first-order valence-electron chi connectivity index (χ1n) is 5.39. The van der Waals surface area contributed by atoms with Gasteiger partial charge in [-0.2, -0.15) is 0 Å². The Morgan fingerprint density at radius 2 is 2.18 bits per heavy atom. The second-order valence-electron chi connectivity index (χ2n) is 3.66. The standard InChI is InChI=1S/C12H17FN2O2/c1-8(12(16)15-3)17-11-5-4-10(13)6-9(11)7-14-2/h4-6,8,14H,7H2,1-3H3,(H,15,16). The number of benzene rings is 1. The second-order valence-corrected chi connectivity index (χ2v) is 3.66. The third kappa shape index (κ3) is 3.71. The zero-order valence-electron chi connectivity index (χ0n) is 10.2. The van der Waals surface area contributed by atoms with Gasteiger partial charge in [0.2, 0.25) is 0 Å². The molecular formula is C12H17FN2O2. The summed E-state index contributed by atoms with van der Waals surface area (Å²) in [6.45, 7) is 2.12. The van der Waals surface area contributed by atoms with Crippen LogP contribution in [0.3, 0.4) is 0 Å². The van der Waals surface area contributed by atoms with Crippen LogP contribution in [0.2, 0.25) is 0 Å². The summed E-state index contributed by atoms with van der Waals surface area (Å²) in [6, 6.07) is 4.23. The molecule has 0 spiro atoms. The van der Waals surface area contributed by atoms with Crippen LogP contribution in [0.4, 0.5) is 4.39 Å². The predicted octanol–water partition coefficient (Wildman–Crippen LogP) is 1.06. The van der Waals surface area contributed by atoms with E-state index in [1.54, 1.807) is 21.0 Å². The van der Waals surface area contributed by atoms with Crippen LogP contribution in [-0.2, 0) is 11.3 Å². The molecule has 5 heteroatoms. The highest BCUT2D eigenvalue weighted by Gasteiger charge is 2.14. The number of nitrogens with one attached hydrogen (secondary N) is 2. The fourth-order valence-corrected chi connectivity index (χ4v) is 1.44. The molecule has 0 bridgehead atoms. The molecule has 4 nitrogen and oxygen atoms in total. The van der Waals surface area contributed by atoms with Crippen LogP contribution in [0.25, 0.3) is 0 Å². The SMILES string of the molecule is CNCc1cc(F)ccc1OC(C)C(=O)NC. The van der Waals surface area contributed by atoms with E-state index in [1.807, 2.05) is 0 Å². The number of rotatable bonds is 5. The summed E-state index contributed by atoms with van der Waals surface area (Å²) >= 11 is 0. The molecule has 1 atom stereocenters. The van der Waals surface area contributed by atoms with Gasteiger partial charge < -0.3 is 15.4 Å². The fraction of sp³-hybridized carbons (Fsp3) is 0.417. The molecule has 1 rings (SSSR count). The van der Waals surface area contributed by atoms with Gasteiger partial charge in [-0.25, -0.2) is 4.39 Å². The summed E-state index contributed by atoms with van der Waals surface area (Å²) in [7, 11) is 3.30. The van der Waals surface area contributed by atoms with Crippen LogP contribution in [0.15, 0.2) is 18.2 Å². The van der Waals surface area contributed by atoms with E-state index in [4.69, 9.17) is 4.74 Å². The Morgan fingerprint density at radius 1 is 1.47 bits per heavy atom. The lowest BCUT2D eigenvalue weighted by atomic mass is 10.2. The molecule has 0 heterocycles. The summed E-state index contributed by atoms with van der Waals surface area (Å²) in [5.41, 5.74) is 0.684. The maximum atomic E-state index is 13.1. The molecule has 17 heavy (non-hydrogen) atoms. The van der Waals surface area contributed by atoms with Crippen LogP contribution in [0.5, 0.6) is 5.75 Å². The van der Waals surface area contributed by atoms with E-state index in [0.717, 1.165) is 0 Å². The van der Waals surface area contributed by atoms with Gasteiger partial charge in [0.25, 0.3) is 5.91 Å². The van der Waals surface area contributed by atoms with Crippen molar-refractivity contribution in [2.24, 2.45) is 0 Å². The smallest absolute Gasteiger partial charge is 0.260 e. The maximum absolute atomic E-state index is 13.1. The first-order chi connectivity index (χ1) is 8.08. The average molecular weight is 240 g/mol. The van der Waals surface area contributed by atoms with Gasteiger partial charge in [-0.3, -0.25) is 4.79 Å². The highest BCUT2D eigenvalue weighted by Crippen LogP contribution is 2.20. The number of carbonyl (C=O) groups is 1. The molecular weight excluding hydrogens is 223 g/mol. The van der Waals surface area contributed by atoms with E-state index in [0.29, 0.717) is 17.9 Å². The molecule has 0 aliphatic rings. The predicted molar refractivity (Wildman–Crippen MR) is 63.3 cm³/mol. The summed E-state index contributed by atoms with van der Waals surface area (Å²) in [6.07, 6.45) is -0.610. The number of ether oxygens (including phenoxy) is 1. The van der Waals surface area contributed by atoms with Crippen LogP contribution < -0.4 is 15.4 Å². The Morgan fingerprint density at radius 3 is 2.76 bits per heavy atom. The Bertz CT molecular complexity index is 396. The minimum atomic E-state index is -0.610. The molecule has 1 aromatic rings. The van der Waals surface area contributed by atoms with E-state index in [9.17, 15) is 9.18 Å². The normalized spacial score (nSPS) is 12.0. The van der Waals surface area contributed by atoms with Crippen molar-refractivity contribution in [3.63, 3.8) is 0 Å². The minimum Gasteiger partial charge on any atom is -0.481 e. The molecule has 0 radical (unpaired) electrons. The summed E-state index contributed by atoms with van der Waals surface area (Å²) in [4.78, 5) is 11.3. The van der Waals surface area contributed by atoms with Gasteiger partial charge in [0, 0.05) is 19.2 Å². The summed E-state index contributed by atoms with van der Waals surface area (Å²) in [5.74, 6) is -0.0308. The van der Waals surface area contributed by atoms with E-state index >= 15 is 0 Å². The molecule has 1 aromatic carbocycles. The quantitative estimate of drug-likeness (QED) is 0.809. The third-order valence-corrected chi connectivity index (χ3v) is 2.31. The van der Waals surface area contributed by atoms with Crippen molar-refractivity contribution in [1.82, 2.24) is 10.6 Å². The fourth-order valence-electron chi connectivity index (χ4n) is 1.44. The van der Waals surface area contributed by atoms with Crippen molar-refractivity contribution < 1.29 is 13.9 Å². The lowest BCUT2D eigenvalue weighted by Crippen LogP contribution is -2.34. The van der Waals surface area contributed by atoms with Crippen molar-refractivity contribution in [2.75, 3.05) is 14.1 Å². The Kier molecular flexibility index (Phi) is 4.90. The number of hydrogen-bond acceptors (Lipinski definition) is 3. The molecule has 0 saturated carbocycles. The molecule has 0 aliphatic carbocycles. The van der Waals surface area contributed by atoms with Gasteiger partial charge in [-0.15, -0.1) is 0 Å². The number of likely N-dealkylation sites (N-methyl/N-ethyl adjacent to an activating group) is 1. The zero-order chi connectivity index (χ0) is 12.8. The minimum absolute atomic E-state index is 0.218. The van der Waals surface area contributed by atoms with E-state index in [1.165, 1.54) is 18.2 Å². The van der Waals surface area contributed by atoms with E-state index in [2.05, 4.69) is 10.6 Å². The van der Waals surface area contributed by atoms with Crippen LogP contribution in [-0.4, -0.2) is 26.1 Å². The van der Waals surface area contributed by atoms with Gasteiger partial charge in [0.15, 0.2) is 6.10 Å². The van der Waals surface area contributed by atoms with Gasteiger partial charge in [0.05, 0.1) is 0 Å². The summed E-state index contributed by atoms with van der Waals surface area (Å²) < 4.78 is 18.6. The van der Waals surface area contributed by atoms with Gasteiger partial charge >= 0.3 is 0 Å². The van der Waals surface area contributed by atoms with Gasteiger partial charge in [-0.1, -0.05) is 0 Å². The molecule has 0 aromatic heterocycles. The molecule has 0 aliphatic heterocycles. The van der Waals surface area contributed by atoms with E-state index < -0.39 is 6.10 Å². The van der Waals surface area contributed by atoms with Crippen LogP contribution >= 0.6 is 0 Å². The third-order valence-electron chi connectivity index (χ3n) is 2.31. The van der Waals surface area contributed by atoms with Crippen LogP contribution in [0.1, 0.15) is 12.5 Å². The van der Waals surface area contributed by atoms with Gasteiger partial charge in [0.1, 0.15) is 11.6 Å². The van der Waals surface area contributed by atoms with Crippen molar-refractivity contribution >= 4 is 5.91 Å². The number of hydrogen-bond donors (Lipinski definition) is 2. The first-order valence-corrected chi connectivity index (χ1v) is 5.39. The Balaban J connectivity index is 2.85. The van der Waals surface area contributed by atoms with Gasteiger partial charge in [-0.05, 0) is 32.2 Å². The molecule has 0 fully saturated rings. The molecule has 0 saturated heterocycles. The largest absolute Gasteiger partial charge is 0.481 e. The first kappa shape index (κ1) is 13.4. The second kappa shape index (κ2) is 6.20. The summed E-state index contributed by atoms with van der Waals surface area (Å²) in [5, 5.41) is 5.42. The Hall–Kier alpha value is -1.62. The molecule has 1 unspecified atom stereocenters. The zero-order valence-corrected chi connectivity index (χ0v) is 10.2. The molecule has 2 N–H and O–H groups in total. The van der Waals surface area contributed by atoms with Crippen molar-refractivity contribution in [3.8, 4) is 5.75 Å². The number of amides is 1. The average Bonchev–Trinajstić information content (AvgIpc) is 2.31.